The summed E-state index contributed by atoms with van der Waals surface area (Å²) in [5.41, 5.74) is 2.09. The first kappa shape index (κ1) is 23.8. The Labute approximate surface area is 206 Å². The molecule has 2 unspecified atom stereocenters. The molecule has 0 bridgehead atoms. The molecule has 2 fully saturated rings. The third-order valence-corrected chi connectivity index (χ3v) is 7.59. The van der Waals surface area contributed by atoms with E-state index in [9.17, 15) is 4.39 Å². The molecule has 1 aromatic heterocycles. The average Bonchev–Trinajstić information content (AvgIpc) is 2.88. The number of nitrogens with zero attached hydrogens (tertiary/aromatic N) is 3. The Kier molecular flexibility index (Phi) is 7.32. The summed E-state index contributed by atoms with van der Waals surface area (Å²) in [6.45, 7) is 5.90. The Morgan fingerprint density at radius 1 is 1.06 bits per heavy atom. The van der Waals surface area contributed by atoms with Gasteiger partial charge in [-0.2, -0.15) is 0 Å². The van der Waals surface area contributed by atoms with E-state index >= 15 is 0 Å². The summed E-state index contributed by atoms with van der Waals surface area (Å²) in [6, 6.07) is 8.73. The van der Waals surface area contributed by atoms with Crippen molar-refractivity contribution < 1.29 is 13.9 Å². The van der Waals surface area contributed by atoms with Gasteiger partial charge in [0.15, 0.2) is 11.5 Å². The van der Waals surface area contributed by atoms with Crippen LogP contribution in [0.2, 0.25) is 0 Å². The first-order valence-corrected chi connectivity index (χ1v) is 12.8. The number of methoxy groups -OCH3 is 1. The molecular weight excluding hydrogens is 443 g/mol. The highest BCUT2D eigenvalue weighted by Crippen LogP contribution is 2.37. The minimum absolute atomic E-state index is 0.230. The van der Waals surface area contributed by atoms with Gasteiger partial charge in [0.25, 0.3) is 0 Å². The molecule has 7 heteroatoms. The van der Waals surface area contributed by atoms with Crippen LogP contribution in [0.5, 0.6) is 11.5 Å². The molecule has 2 aliphatic rings. The van der Waals surface area contributed by atoms with Gasteiger partial charge in [0, 0.05) is 30.2 Å². The molecule has 0 radical (unpaired) electrons. The van der Waals surface area contributed by atoms with E-state index < -0.39 is 0 Å². The number of aromatic nitrogens is 2. The van der Waals surface area contributed by atoms with Crippen molar-refractivity contribution in [2.45, 2.75) is 45.4 Å². The van der Waals surface area contributed by atoms with E-state index in [2.05, 4.69) is 20.2 Å². The van der Waals surface area contributed by atoms with E-state index in [4.69, 9.17) is 9.47 Å². The Morgan fingerprint density at radius 2 is 1.91 bits per heavy atom. The summed E-state index contributed by atoms with van der Waals surface area (Å²) in [5, 5.41) is 4.12. The standard InChI is InChI=1S/C28H35FN4O2/c1-19-14-22(8-9-24(19)29)32-28-23-15-27(26(34-2)16-25(23)30-18-31-28)35-13-5-11-33-12-10-20-6-3-4-7-21(20)17-33/h8-9,14-16,18,20-21H,3-7,10-13,17H2,1-2H3,(H,30,31,32). The predicted octanol–water partition coefficient (Wildman–Crippen LogP) is 6.11. The largest absolute Gasteiger partial charge is 0.493 e. The van der Waals surface area contributed by atoms with E-state index in [1.165, 1.54) is 57.6 Å². The highest BCUT2D eigenvalue weighted by molar-refractivity contribution is 5.93. The van der Waals surface area contributed by atoms with Crippen molar-refractivity contribution >= 4 is 22.4 Å². The number of halogens is 1. The van der Waals surface area contributed by atoms with Crippen molar-refractivity contribution in [1.29, 1.82) is 0 Å². The van der Waals surface area contributed by atoms with Crippen LogP contribution in [0.4, 0.5) is 15.9 Å². The van der Waals surface area contributed by atoms with Crippen LogP contribution in [0.25, 0.3) is 10.9 Å². The Morgan fingerprint density at radius 3 is 2.74 bits per heavy atom. The van der Waals surface area contributed by atoms with Crippen LogP contribution in [0, 0.1) is 24.6 Å². The quantitative estimate of drug-likeness (QED) is 0.394. The smallest absolute Gasteiger partial charge is 0.162 e. The third kappa shape index (κ3) is 5.50. The van der Waals surface area contributed by atoms with Crippen molar-refractivity contribution in [2.24, 2.45) is 11.8 Å². The maximum absolute atomic E-state index is 13.7. The molecule has 1 saturated carbocycles. The molecule has 1 aliphatic carbocycles. The summed E-state index contributed by atoms with van der Waals surface area (Å²) >= 11 is 0. The lowest BCUT2D eigenvalue weighted by atomic mass is 9.75. The van der Waals surface area contributed by atoms with Crippen molar-refractivity contribution in [3.05, 3.63) is 48.0 Å². The molecule has 0 spiro atoms. The Hall–Kier alpha value is -2.93. The van der Waals surface area contributed by atoms with Crippen LogP contribution in [-0.4, -0.2) is 48.2 Å². The maximum Gasteiger partial charge on any atom is 0.162 e. The Balaban J connectivity index is 1.25. The van der Waals surface area contributed by atoms with Gasteiger partial charge in [-0.3, -0.25) is 0 Å². The van der Waals surface area contributed by atoms with Crippen LogP contribution >= 0.6 is 0 Å². The molecule has 5 rings (SSSR count). The van der Waals surface area contributed by atoms with Gasteiger partial charge in [0.2, 0.25) is 0 Å². The second-order valence-electron chi connectivity index (χ2n) is 9.93. The summed E-state index contributed by atoms with van der Waals surface area (Å²) < 4.78 is 25.5. The van der Waals surface area contributed by atoms with Gasteiger partial charge >= 0.3 is 0 Å². The predicted molar refractivity (Wildman–Crippen MR) is 137 cm³/mol. The average molecular weight is 479 g/mol. The lowest BCUT2D eigenvalue weighted by molar-refractivity contribution is 0.0829. The zero-order chi connectivity index (χ0) is 24.2. The van der Waals surface area contributed by atoms with E-state index in [0.717, 1.165) is 41.4 Å². The second kappa shape index (κ2) is 10.8. The lowest BCUT2D eigenvalue weighted by Gasteiger charge is -2.41. The summed E-state index contributed by atoms with van der Waals surface area (Å²) in [7, 11) is 1.64. The zero-order valence-electron chi connectivity index (χ0n) is 20.7. The molecule has 2 aromatic carbocycles. The van der Waals surface area contributed by atoms with E-state index in [1.54, 1.807) is 26.2 Å². The van der Waals surface area contributed by atoms with Gasteiger partial charge in [0.1, 0.15) is 18.0 Å². The maximum atomic E-state index is 13.7. The fourth-order valence-corrected chi connectivity index (χ4v) is 5.64. The van der Waals surface area contributed by atoms with Crippen LogP contribution in [0.3, 0.4) is 0 Å². The number of anilines is 2. The van der Waals surface area contributed by atoms with Crippen LogP contribution in [-0.2, 0) is 0 Å². The minimum atomic E-state index is -0.230. The second-order valence-corrected chi connectivity index (χ2v) is 9.93. The van der Waals surface area contributed by atoms with Crippen molar-refractivity contribution in [3.8, 4) is 11.5 Å². The van der Waals surface area contributed by atoms with E-state index in [-0.39, 0.29) is 5.82 Å². The third-order valence-electron chi connectivity index (χ3n) is 7.59. The first-order chi connectivity index (χ1) is 17.1. The number of hydrogen-bond acceptors (Lipinski definition) is 6. The van der Waals surface area contributed by atoms with Crippen molar-refractivity contribution in [3.63, 3.8) is 0 Å². The molecule has 1 aliphatic heterocycles. The normalized spacial score (nSPS) is 20.4. The fraction of sp³-hybridized carbons (Fsp3) is 0.500. The molecule has 1 saturated heterocycles. The van der Waals surface area contributed by atoms with Crippen LogP contribution < -0.4 is 14.8 Å². The molecule has 3 aromatic rings. The number of likely N-dealkylation sites (tertiary alicyclic amines) is 1. The monoisotopic (exact) mass is 478 g/mol. The Bertz CT molecular complexity index is 1170. The molecule has 6 nitrogen and oxygen atoms in total. The topological polar surface area (TPSA) is 59.5 Å². The molecule has 2 atom stereocenters. The molecule has 1 N–H and O–H groups in total. The van der Waals surface area contributed by atoms with Gasteiger partial charge in [-0.1, -0.05) is 19.3 Å². The highest BCUT2D eigenvalue weighted by atomic mass is 19.1. The number of nitrogens with one attached hydrogen (secondary N) is 1. The molecule has 35 heavy (non-hydrogen) atoms. The SMILES string of the molecule is COc1cc2ncnc(Nc3ccc(F)c(C)c3)c2cc1OCCCN1CCC2CCCCC2C1. The number of rotatable bonds is 8. The lowest BCUT2D eigenvalue weighted by Crippen LogP contribution is -2.42. The van der Waals surface area contributed by atoms with Gasteiger partial charge in [-0.15, -0.1) is 0 Å². The van der Waals surface area contributed by atoms with E-state index in [1.807, 2.05) is 12.1 Å². The van der Waals surface area contributed by atoms with Crippen molar-refractivity contribution in [2.75, 3.05) is 38.7 Å². The highest BCUT2D eigenvalue weighted by Gasteiger charge is 2.30. The van der Waals surface area contributed by atoms with Gasteiger partial charge in [0.05, 0.1) is 19.2 Å². The number of hydrogen-bond donors (Lipinski definition) is 1. The van der Waals surface area contributed by atoms with Crippen molar-refractivity contribution in [1.82, 2.24) is 14.9 Å². The molecule has 186 valence electrons. The number of benzene rings is 2. The van der Waals surface area contributed by atoms with Gasteiger partial charge in [-0.05, 0) is 74.4 Å². The van der Waals surface area contributed by atoms with Gasteiger partial charge < -0.3 is 19.7 Å². The molecule has 0 amide bonds. The molecule has 2 heterocycles. The first-order valence-electron chi connectivity index (χ1n) is 12.8. The number of ether oxygens (including phenoxy) is 2. The number of fused-ring (bicyclic) bond motifs is 2. The minimum Gasteiger partial charge on any atom is -0.493 e. The summed E-state index contributed by atoms with van der Waals surface area (Å²) in [4.78, 5) is 11.4. The van der Waals surface area contributed by atoms with Crippen LogP contribution in [0.1, 0.15) is 44.1 Å². The summed E-state index contributed by atoms with van der Waals surface area (Å²) in [5.74, 6) is 3.61. The van der Waals surface area contributed by atoms with E-state index in [0.29, 0.717) is 29.5 Å². The molecular formula is C28H35FN4O2. The number of aryl methyl sites for hydroxylation is 1. The summed E-state index contributed by atoms with van der Waals surface area (Å²) in [6.07, 6.45) is 9.51. The fourth-order valence-electron chi connectivity index (χ4n) is 5.64. The number of piperidine rings is 1. The van der Waals surface area contributed by atoms with Crippen LogP contribution in [0.15, 0.2) is 36.7 Å². The van der Waals surface area contributed by atoms with Gasteiger partial charge in [-0.25, -0.2) is 14.4 Å². The zero-order valence-corrected chi connectivity index (χ0v) is 20.7.